The van der Waals surface area contributed by atoms with Gasteiger partial charge in [-0.25, -0.2) is 0 Å². The molecule has 0 saturated heterocycles. The highest BCUT2D eigenvalue weighted by atomic mass is 32.1. The van der Waals surface area contributed by atoms with Gasteiger partial charge < -0.3 is 15.4 Å². The predicted octanol–water partition coefficient (Wildman–Crippen LogP) is 4.50. The normalized spacial score (nSPS) is 10.4. The van der Waals surface area contributed by atoms with Crippen molar-refractivity contribution in [2.24, 2.45) is 5.92 Å². The van der Waals surface area contributed by atoms with Gasteiger partial charge in [-0.1, -0.05) is 40.0 Å². The van der Waals surface area contributed by atoms with Crippen LogP contribution in [0.15, 0.2) is 24.3 Å². The molecule has 5 heteroatoms. The molecule has 1 amide bonds. The van der Waals surface area contributed by atoms with Crippen molar-refractivity contribution in [1.82, 2.24) is 5.32 Å². The molecule has 0 atom stereocenters. The fraction of sp³-hybridized carbons (Fsp3) is 0.556. The van der Waals surface area contributed by atoms with E-state index in [1.54, 1.807) is 0 Å². The molecule has 0 bridgehead atoms. The SMILES string of the molecule is CCCCCCOc1ccc(NC(=S)NC(=O)CC(C)C)cc1. The zero-order chi connectivity index (χ0) is 17.1. The van der Waals surface area contributed by atoms with Gasteiger partial charge in [0, 0.05) is 12.1 Å². The van der Waals surface area contributed by atoms with Gasteiger partial charge in [-0.05, 0) is 48.8 Å². The minimum atomic E-state index is -0.0652. The molecule has 0 heterocycles. The van der Waals surface area contributed by atoms with Crippen LogP contribution in [0.1, 0.15) is 52.9 Å². The number of amides is 1. The summed E-state index contributed by atoms with van der Waals surface area (Å²) in [6.07, 6.45) is 5.24. The number of anilines is 1. The number of ether oxygens (including phenoxy) is 1. The fourth-order valence-electron chi connectivity index (χ4n) is 2.06. The lowest BCUT2D eigenvalue weighted by atomic mass is 10.1. The molecule has 1 rings (SSSR count). The second kappa shape index (κ2) is 11.0. The van der Waals surface area contributed by atoms with Gasteiger partial charge in [0.1, 0.15) is 5.75 Å². The van der Waals surface area contributed by atoms with Crippen LogP contribution in [0.4, 0.5) is 5.69 Å². The average Bonchev–Trinajstić information content (AvgIpc) is 2.47. The largest absolute Gasteiger partial charge is 0.494 e. The first-order valence-electron chi connectivity index (χ1n) is 8.35. The van der Waals surface area contributed by atoms with E-state index >= 15 is 0 Å². The van der Waals surface area contributed by atoms with Gasteiger partial charge >= 0.3 is 0 Å². The van der Waals surface area contributed by atoms with Crippen LogP contribution in [0.25, 0.3) is 0 Å². The highest BCUT2D eigenvalue weighted by Gasteiger charge is 2.07. The molecule has 2 N–H and O–H groups in total. The molecule has 0 aliphatic rings. The zero-order valence-corrected chi connectivity index (χ0v) is 15.2. The molecule has 0 unspecified atom stereocenters. The Morgan fingerprint density at radius 1 is 1.17 bits per heavy atom. The average molecular weight is 337 g/mol. The highest BCUT2D eigenvalue weighted by Crippen LogP contribution is 2.16. The van der Waals surface area contributed by atoms with Crippen LogP contribution in [0, 0.1) is 5.92 Å². The van der Waals surface area contributed by atoms with Crippen molar-refractivity contribution in [1.29, 1.82) is 0 Å². The summed E-state index contributed by atoms with van der Waals surface area (Å²) < 4.78 is 5.69. The van der Waals surface area contributed by atoms with Crippen molar-refractivity contribution in [2.75, 3.05) is 11.9 Å². The van der Waals surface area contributed by atoms with Crippen molar-refractivity contribution in [2.45, 2.75) is 52.9 Å². The first kappa shape index (κ1) is 19.4. The van der Waals surface area contributed by atoms with Gasteiger partial charge in [0.15, 0.2) is 5.11 Å². The number of hydrogen-bond donors (Lipinski definition) is 2. The Bertz CT molecular complexity index is 486. The molecule has 0 aromatic heterocycles. The Morgan fingerprint density at radius 3 is 2.48 bits per heavy atom. The summed E-state index contributed by atoms with van der Waals surface area (Å²) >= 11 is 5.13. The monoisotopic (exact) mass is 336 g/mol. The van der Waals surface area contributed by atoms with Crippen molar-refractivity contribution < 1.29 is 9.53 Å². The van der Waals surface area contributed by atoms with Crippen LogP contribution >= 0.6 is 12.2 Å². The minimum Gasteiger partial charge on any atom is -0.494 e. The lowest BCUT2D eigenvalue weighted by Gasteiger charge is -2.11. The van der Waals surface area contributed by atoms with Crippen LogP contribution in [0.5, 0.6) is 5.75 Å². The van der Waals surface area contributed by atoms with Crippen LogP contribution in [0.2, 0.25) is 0 Å². The molecule has 0 spiro atoms. The van der Waals surface area contributed by atoms with Gasteiger partial charge in [-0.3, -0.25) is 4.79 Å². The quantitative estimate of drug-likeness (QED) is 0.515. The summed E-state index contributed by atoms with van der Waals surface area (Å²) in [5, 5.41) is 6.00. The van der Waals surface area contributed by atoms with E-state index in [0.29, 0.717) is 17.5 Å². The first-order valence-corrected chi connectivity index (χ1v) is 8.75. The summed E-state index contributed by atoms with van der Waals surface area (Å²) in [6.45, 7) is 6.94. The predicted molar refractivity (Wildman–Crippen MR) is 99.9 cm³/mol. The van der Waals surface area contributed by atoms with Crippen LogP contribution in [0.3, 0.4) is 0 Å². The maximum absolute atomic E-state index is 11.6. The Kier molecular flexibility index (Phi) is 9.29. The summed E-state index contributed by atoms with van der Waals surface area (Å²) in [5.41, 5.74) is 0.832. The molecule has 0 saturated carbocycles. The molecule has 0 radical (unpaired) electrons. The van der Waals surface area contributed by atoms with Crippen molar-refractivity contribution >= 4 is 28.9 Å². The molecule has 4 nitrogen and oxygen atoms in total. The Labute approximate surface area is 145 Å². The Hall–Kier alpha value is -1.62. The first-order chi connectivity index (χ1) is 11.0. The molecule has 23 heavy (non-hydrogen) atoms. The second-order valence-corrected chi connectivity index (χ2v) is 6.44. The Balaban J connectivity index is 2.33. The molecular formula is C18H28N2O2S. The smallest absolute Gasteiger partial charge is 0.226 e. The molecule has 128 valence electrons. The number of hydrogen-bond acceptors (Lipinski definition) is 3. The standard InChI is InChI=1S/C18H28N2O2S/c1-4-5-6-7-12-22-16-10-8-15(9-11-16)19-18(23)20-17(21)13-14(2)3/h8-11,14H,4-7,12-13H2,1-3H3,(H2,19,20,21,23). The lowest BCUT2D eigenvalue weighted by Crippen LogP contribution is -2.34. The van der Waals surface area contributed by atoms with Gasteiger partial charge in [0.25, 0.3) is 0 Å². The number of benzene rings is 1. The summed E-state index contributed by atoms with van der Waals surface area (Å²) in [6, 6.07) is 7.59. The van der Waals surface area contributed by atoms with Crippen molar-refractivity contribution in [3.63, 3.8) is 0 Å². The maximum atomic E-state index is 11.6. The third kappa shape index (κ3) is 9.18. The van der Waals surface area contributed by atoms with E-state index in [1.807, 2.05) is 38.1 Å². The lowest BCUT2D eigenvalue weighted by molar-refractivity contribution is -0.120. The van der Waals surface area contributed by atoms with Crippen molar-refractivity contribution in [3.8, 4) is 5.75 Å². The van der Waals surface area contributed by atoms with E-state index < -0.39 is 0 Å². The third-order valence-electron chi connectivity index (χ3n) is 3.23. The van der Waals surface area contributed by atoms with Crippen molar-refractivity contribution in [3.05, 3.63) is 24.3 Å². The number of carbonyl (C=O) groups is 1. The van der Waals surface area contributed by atoms with Crippen LogP contribution < -0.4 is 15.4 Å². The molecule has 1 aromatic rings. The topological polar surface area (TPSA) is 50.4 Å². The van der Waals surface area contributed by atoms with E-state index in [9.17, 15) is 4.79 Å². The summed E-state index contributed by atoms with van der Waals surface area (Å²) in [7, 11) is 0. The van der Waals surface area contributed by atoms with E-state index in [0.717, 1.165) is 24.5 Å². The zero-order valence-electron chi connectivity index (χ0n) is 14.4. The van der Waals surface area contributed by atoms with E-state index in [2.05, 4.69) is 17.6 Å². The van der Waals surface area contributed by atoms with Gasteiger partial charge in [-0.2, -0.15) is 0 Å². The molecule has 0 aliphatic carbocycles. The number of unbranched alkanes of at least 4 members (excludes halogenated alkanes) is 3. The van der Waals surface area contributed by atoms with Crippen LogP contribution in [-0.4, -0.2) is 17.6 Å². The number of carbonyl (C=O) groups excluding carboxylic acids is 1. The summed E-state index contributed by atoms with van der Waals surface area (Å²) in [4.78, 5) is 11.6. The van der Waals surface area contributed by atoms with Crippen LogP contribution in [-0.2, 0) is 4.79 Å². The fourth-order valence-corrected chi connectivity index (χ4v) is 2.30. The number of rotatable bonds is 9. The number of nitrogens with one attached hydrogen (secondary N) is 2. The molecule has 0 aliphatic heterocycles. The van der Waals surface area contributed by atoms with E-state index in [1.165, 1.54) is 19.3 Å². The van der Waals surface area contributed by atoms with E-state index in [4.69, 9.17) is 17.0 Å². The molecule has 0 fully saturated rings. The molecular weight excluding hydrogens is 308 g/mol. The van der Waals surface area contributed by atoms with E-state index in [-0.39, 0.29) is 5.91 Å². The summed E-state index contributed by atoms with van der Waals surface area (Å²) in [5.74, 6) is 1.10. The van der Waals surface area contributed by atoms with Gasteiger partial charge in [0.05, 0.1) is 6.61 Å². The second-order valence-electron chi connectivity index (χ2n) is 6.03. The third-order valence-corrected chi connectivity index (χ3v) is 3.43. The Morgan fingerprint density at radius 2 is 1.87 bits per heavy atom. The minimum absolute atomic E-state index is 0.0652. The highest BCUT2D eigenvalue weighted by molar-refractivity contribution is 7.80. The van der Waals surface area contributed by atoms with Gasteiger partial charge in [0.2, 0.25) is 5.91 Å². The molecule has 1 aromatic carbocycles. The maximum Gasteiger partial charge on any atom is 0.226 e. The van der Waals surface area contributed by atoms with Gasteiger partial charge in [-0.15, -0.1) is 0 Å². The number of thiocarbonyl (C=S) groups is 1.